The van der Waals surface area contributed by atoms with Crippen LogP contribution >= 0.6 is 15.9 Å². The molecule has 0 saturated heterocycles. The molecule has 1 atom stereocenters. The van der Waals surface area contributed by atoms with Crippen molar-refractivity contribution < 1.29 is 14.6 Å². The second-order valence-electron chi connectivity index (χ2n) is 4.86. The van der Waals surface area contributed by atoms with E-state index < -0.39 is 6.10 Å². The minimum atomic E-state index is -0.406. The zero-order valence-corrected chi connectivity index (χ0v) is 12.4. The molecule has 4 heteroatoms. The Hall–Kier alpha value is -0.740. The highest BCUT2D eigenvalue weighted by molar-refractivity contribution is 9.10. The second-order valence-corrected chi connectivity index (χ2v) is 5.72. The van der Waals surface area contributed by atoms with Gasteiger partial charge in [0.25, 0.3) is 0 Å². The van der Waals surface area contributed by atoms with Crippen LogP contribution in [0.25, 0.3) is 0 Å². The van der Waals surface area contributed by atoms with Crippen molar-refractivity contribution in [3.63, 3.8) is 0 Å². The van der Waals surface area contributed by atoms with Crippen LogP contribution in [0.1, 0.15) is 25.3 Å². The molecular weight excluding hydrogens is 296 g/mol. The van der Waals surface area contributed by atoms with Crippen molar-refractivity contribution in [3.8, 4) is 11.5 Å². The lowest BCUT2D eigenvalue weighted by Gasteiger charge is -2.17. The zero-order chi connectivity index (χ0) is 13.1. The van der Waals surface area contributed by atoms with Gasteiger partial charge in [0.15, 0.2) is 11.5 Å². The molecule has 0 bridgehead atoms. The summed E-state index contributed by atoms with van der Waals surface area (Å²) in [6, 6.07) is 3.82. The SMILES string of the molecule is COc1ccc(Br)c(CC(C)O)c1OCC1CC1. The van der Waals surface area contributed by atoms with Crippen molar-refractivity contribution >= 4 is 15.9 Å². The molecule has 0 amide bonds. The van der Waals surface area contributed by atoms with Gasteiger partial charge in [0.2, 0.25) is 0 Å². The fourth-order valence-electron chi connectivity index (χ4n) is 1.87. The molecule has 1 unspecified atom stereocenters. The molecule has 1 aliphatic rings. The molecule has 0 radical (unpaired) electrons. The van der Waals surface area contributed by atoms with Crippen LogP contribution in [0.5, 0.6) is 11.5 Å². The van der Waals surface area contributed by atoms with E-state index in [-0.39, 0.29) is 0 Å². The summed E-state index contributed by atoms with van der Waals surface area (Å²) < 4.78 is 12.2. The van der Waals surface area contributed by atoms with Crippen LogP contribution in [-0.4, -0.2) is 24.9 Å². The van der Waals surface area contributed by atoms with E-state index in [0.717, 1.165) is 28.1 Å². The summed E-state index contributed by atoms with van der Waals surface area (Å²) in [5.74, 6) is 2.18. The predicted octanol–water partition coefficient (Wildman–Crippen LogP) is 3.17. The summed E-state index contributed by atoms with van der Waals surface area (Å²) in [7, 11) is 1.64. The molecule has 1 N–H and O–H groups in total. The van der Waals surface area contributed by atoms with E-state index in [2.05, 4.69) is 15.9 Å². The first-order valence-electron chi connectivity index (χ1n) is 6.28. The number of benzene rings is 1. The molecule has 2 rings (SSSR count). The Morgan fingerprint density at radius 2 is 2.17 bits per heavy atom. The normalized spacial score (nSPS) is 16.4. The lowest BCUT2D eigenvalue weighted by Crippen LogP contribution is -2.09. The molecule has 1 aromatic rings. The third-order valence-corrected chi connectivity index (χ3v) is 3.79. The van der Waals surface area contributed by atoms with Gasteiger partial charge in [0.05, 0.1) is 19.8 Å². The van der Waals surface area contributed by atoms with Gasteiger partial charge < -0.3 is 14.6 Å². The maximum atomic E-state index is 9.59. The second kappa shape index (κ2) is 5.93. The number of hydrogen-bond donors (Lipinski definition) is 1. The van der Waals surface area contributed by atoms with Crippen molar-refractivity contribution in [1.29, 1.82) is 0 Å². The molecule has 18 heavy (non-hydrogen) atoms. The number of aliphatic hydroxyl groups excluding tert-OH is 1. The molecule has 100 valence electrons. The first kappa shape index (κ1) is 13.7. The first-order chi connectivity index (χ1) is 8.61. The summed E-state index contributed by atoms with van der Waals surface area (Å²) in [4.78, 5) is 0. The van der Waals surface area contributed by atoms with Gasteiger partial charge in [-0.05, 0) is 37.8 Å². The Bertz CT molecular complexity index is 414. The molecular formula is C14H19BrO3. The van der Waals surface area contributed by atoms with Crippen molar-refractivity contribution in [3.05, 3.63) is 22.2 Å². The summed E-state index contributed by atoms with van der Waals surface area (Å²) in [6.07, 6.45) is 2.65. The van der Waals surface area contributed by atoms with E-state index >= 15 is 0 Å². The standard InChI is InChI=1S/C14H19BrO3/c1-9(16)7-11-12(15)5-6-13(17-2)14(11)18-8-10-3-4-10/h5-6,9-10,16H,3-4,7-8H2,1-2H3. The zero-order valence-electron chi connectivity index (χ0n) is 10.8. The molecule has 0 aliphatic heterocycles. The number of hydrogen-bond acceptors (Lipinski definition) is 3. The van der Waals surface area contributed by atoms with Gasteiger partial charge in [-0.2, -0.15) is 0 Å². The third kappa shape index (κ3) is 3.39. The fourth-order valence-corrected chi connectivity index (χ4v) is 2.35. The van der Waals surface area contributed by atoms with Gasteiger partial charge in [0, 0.05) is 16.5 Å². The fraction of sp³-hybridized carbons (Fsp3) is 0.571. The van der Waals surface area contributed by atoms with Crippen LogP contribution in [0.3, 0.4) is 0 Å². The van der Waals surface area contributed by atoms with Gasteiger partial charge in [-0.1, -0.05) is 15.9 Å². The highest BCUT2D eigenvalue weighted by atomic mass is 79.9. The number of halogens is 1. The van der Waals surface area contributed by atoms with Crippen molar-refractivity contribution in [2.75, 3.05) is 13.7 Å². The molecule has 1 aromatic carbocycles. The Labute approximate surface area is 116 Å². The molecule has 0 heterocycles. The minimum absolute atomic E-state index is 0.406. The highest BCUT2D eigenvalue weighted by Gasteiger charge is 2.24. The van der Waals surface area contributed by atoms with E-state index in [4.69, 9.17) is 9.47 Å². The Morgan fingerprint density at radius 1 is 1.44 bits per heavy atom. The van der Waals surface area contributed by atoms with Crippen molar-refractivity contribution in [2.24, 2.45) is 5.92 Å². The molecule has 1 saturated carbocycles. The van der Waals surface area contributed by atoms with Crippen LogP contribution in [0.4, 0.5) is 0 Å². The van der Waals surface area contributed by atoms with Crippen molar-refractivity contribution in [2.45, 2.75) is 32.3 Å². The predicted molar refractivity (Wildman–Crippen MR) is 74.3 cm³/mol. The topological polar surface area (TPSA) is 38.7 Å². The van der Waals surface area contributed by atoms with Crippen LogP contribution in [0, 0.1) is 5.92 Å². The number of methoxy groups -OCH3 is 1. The van der Waals surface area contributed by atoms with Crippen LogP contribution in [-0.2, 0) is 6.42 Å². The monoisotopic (exact) mass is 314 g/mol. The smallest absolute Gasteiger partial charge is 0.165 e. The van der Waals surface area contributed by atoms with E-state index in [1.807, 2.05) is 12.1 Å². The lowest BCUT2D eigenvalue weighted by atomic mass is 10.1. The quantitative estimate of drug-likeness (QED) is 0.876. The van der Waals surface area contributed by atoms with E-state index in [1.165, 1.54) is 12.8 Å². The van der Waals surface area contributed by atoms with E-state index in [9.17, 15) is 5.11 Å². The average molecular weight is 315 g/mol. The average Bonchev–Trinajstić information content (AvgIpc) is 3.13. The minimum Gasteiger partial charge on any atom is -0.493 e. The Balaban J connectivity index is 2.26. The molecule has 3 nitrogen and oxygen atoms in total. The Kier molecular flexibility index (Phi) is 4.51. The van der Waals surface area contributed by atoms with Crippen molar-refractivity contribution in [1.82, 2.24) is 0 Å². The first-order valence-corrected chi connectivity index (χ1v) is 7.07. The third-order valence-electron chi connectivity index (χ3n) is 3.05. The van der Waals surface area contributed by atoms with Gasteiger partial charge in [-0.25, -0.2) is 0 Å². The summed E-state index contributed by atoms with van der Waals surface area (Å²) in [5.41, 5.74) is 0.977. The van der Waals surface area contributed by atoms with E-state index in [1.54, 1.807) is 14.0 Å². The lowest BCUT2D eigenvalue weighted by molar-refractivity contribution is 0.192. The van der Waals surface area contributed by atoms with Crippen LogP contribution < -0.4 is 9.47 Å². The molecule has 0 aromatic heterocycles. The van der Waals surface area contributed by atoms with Gasteiger partial charge >= 0.3 is 0 Å². The molecule has 1 fully saturated rings. The van der Waals surface area contributed by atoms with Gasteiger partial charge in [0.1, 0.15) is 0 Å². The maximum absolute atomic E-state index is 9.59. The largest absolute Gasteiger partial charge is 0.493 e. The summed E-state index contributed by atoms with van der Waals surface area (Å²) in [5, 5.41) is 9.59. The van der Waals surface area contributed by atoms with Crippen LogP contribution in [0.15, 0.2) is 16.6 Å². The summed E-state index contributed by atoms with van der Waals surface area (Å²) in [6.45, 7) is 2.51. The maximum Gasteiger partial charge on any atom is 0.165 e. The van der Waals surface area contributed by atoms with Gasteiger partial charge in [-0.15, -0.1) is 0 Å². The van der Waals surface area contributed by atoms with E-state index in [0.29, 0.717) is 12.3 Å². The Morgan fingerprint density at radius 3 is 2.72 bits per heavy atom. The van der Waals surface area contributed by atoms with Crippen LogP contribution in [0.2, 0.25) is 0 Å². The molecule has 1 aliphatic carbocycles. The number of aliphatic hydroxyl groups is 1. The highest BCUT2D eigenvalue weighted by Crippen LogP contribution is 2.39. The summed E-state index contributed by atoms with van der Waals surface area (Å²) >= 11 is 3.51. The number of rotatable bonds is 6. The van der Waals surface area contributed by atoms with Gasteiger partial charge in [-0.3, -0.25) is 0 Å². The molecule has 0 spiro atoms. The number of ether oxygens (including phenoxy) is 2.